The highest BCUT2D eigenvalue weighted by Crippen LogP contribution is 2.29. The third kappa shape index (κ3) is 3.42. The first-order chi connectivity index (χ1) is 13.0. The summed E-state index contributed by atoms with van der Waals surface area (Å²) < 4.78 is 2.93. The van der Waals surface area contributed by atoms with Crippen LogP contribution in [-0.2, 0) is 13.0 Å². The number of carbonyl (C=O) groups excluding carboxylic acids is 1. The van der Waals surface area contributed by atoms with Gasteiger partial charge < -0.3 is 5.32 Å². The quantitative estimate of drug-likeness (QED) is 0.529. The van der Waals surface area contributed by atoms with Crippen LogP contribution in [0.1, 0.15) is 45.9 Å². The Kier molecular flexibility index (Phi) is 5.07. The van der Waals surface area contributed by atoms with Gasteiger partial charge in [0.05, 0.1) is 10.3 Å². The number of halogens is 1. The number of aryl methyl sites for hydroxylation is 3. The fourth-order valence-electron chi connectivity index (χ4n) is 3.57. The van der Waals surface area contributed by atoms with Gasteiger partial charge >= 0.3 is 0 Å². The Morgan fingerprint density at radius 3 is 2.85 bits per heavy atom. The van der Waals surface area contributed by atoms with Gasteiger partial charge in [-0.2, -0.15) is 0 Å². The number of nitrogens with one attached hydrogen (secondary N) is 1. The van der Waals surface area contributed by atoms with Crippen LogP contribution in [0.2, 0.25) is 0 Å². The molecule has 0 unspecified atom stereocenters. The molecule has 0 radical (unpaired) electrons. The van der Waals surface area contributed by atoms with Crippen molar-refractivity contribution in [1.29, 1.82) is 0 Å². The lowest BCUT2D eigenvalue weighted by atomic mass is 10.1. The summed E-state index contributed by atoms with van der Waals surface area (Å²) in [6.45, 7) is 4.54. The van der Waals surface area contributed by atoms with Crippen molar-refractivity contribution in [1.82, 2.24) is 9.55 Å². The standard InChI is InChI=1S/C20H20IN3O2S/c1-11-10-13(21)7-8-14(11)22-18(25)17-12(2)16-19(27-17)23-15-6-4-3-5-9-24(15)20(16)26/h7-8,10H,3-6,9H2,1-2H3,(H,22,25). The maximum Gasteiger partial charge on any atom is 0.266 e. The fourth-order valence-corrected chi connectivity index (χ4v) is 5.31. The van der Waals surface area contributed by atoms with E-state index in [1.165, 1.54) is 11.3 Å². The van der Waals surface area contributed by atoms with Crippen molar-refractivity contribution in [2.45, 2.75) is 46.1 Å². The minimum absolute atomic E-state index is 0.00450. The number of nitrogens with zero attached hydrogens (tertiary/aromatic N) is 2. The summed E-state index contributed by atoms with van der Waals surface area (Å²) in [5, 5.41) is 3.58. The zero-order valence-corrected chi connectivity index (χ0v) is 18.2. The molecule has 0 fully saturated rings. The van der Waals surface area contributed by atoms with Crippen molar-refractivity contribution in [3.63, 3.8) is 0 Å². The number of hydrogen-bond donors (Lipinski definition) is 1. The Morgan fingerprint density at radius 2 is 2.07 bits per heavy atom. The van der Waals surface area contributed by atoms with Gasteiger partial charge in [-0.15, -0.1) is 11.3 Å². The molecule has 27 heavy (non-hydrogen) atoms. The second-order valence-electron chi connectivity index (χ2n) is 6.95. The number of rotatable bonds is 2. The first-order valence-electron chi connectivity index (χ1n) is 9.06. The van der Waals surface area contributed by atoms with Gasteiger partial charge in [-0.05, 0) is 78.6 Å². The van der Waals surface area contributed by atoms with Gasteiger partial charge in [-0.1, -0.05) is 6.42 Å². The molecule has 0 spiro atoms. The van der Waals surface area contributed by atoms with E-state index in [1.807, 2.05) is 32.0 Å². The predicted octanol–water partition coefficient (Wildman–Crippen LogP) is 4.66. The molecule has 0 saturated carbocycles. The van der Waals surface area contributed by atoms with Crippen molar-refractivity contribution < 1.29 is 4.79 Å². The summed E-state index contributed by atoms with van der Waals surface area (Å²) in [6, 6.07) is 5.90. The molecule has 1 amide bonds. The number of carbonyl (C=O) groups is 1. The summed E-state index contributed by atoms with van der Waals surface area (Å²) >= 11 is 3.57. The van der Waals surface area contributed by atoms with Crippen molar-refractivity contribution in [3.8, 4) is 0 Å². The second kappa shape index (κ2) is 7.35. The first-order valence-corrected chi connectivity index (χ1v) is 11.0. The molecule has 1 aliphatic rings. The van der Waals surface area contributed by atoms with E-state index in [0.29, 0.717) is 15.1 Å². The zero-order chi connectivity index (χ0) is 19.1. The molecule has 3 aromatic rings. The Labute approximate surface area is 175 Å². The Hall–Kier alpha value is -1.74. The number of aromatic nitrogens is 2. The number of amides is 1. The number of hydrogen-bond acceptors (Lipinski definition) is 4. The molecule has 7 heteroatoms. The van der Waals surface area contributed by atoms with Crippen LogP contribution in [0.15, 0.2) is 23.0 Å². The highest BCUT2D eigenvalue weighted by molar-refractivity contribution is 14.1. The smallest absolute Gasteiger partial charge is 0.266 e. The van der Waals surface area contributed by atoms with Crippen molar-refractivity contribution >= 4 is 55.7 Å². The van der Waals surface area contributed by atoms with Crippen LogP contribution in [0.4, 0.5) is 5.69 Å². The lowest BCUT2D eigenvalue weighted by molar-refractivity contribution is 0.103. The molecule has 1 aliphatic heterocycles. The Morgan fingerprint density at radius 1 is 1.26 bits per heavy atom. The molecule has 4 rings (SSSR count). The lowest BCUT2D eigenvalue weighted by Gasteiger charge is -2.08. The van der Waals surface area contributed by atoms with E-state index in [4.69, 9.17) is 4.98 Å². The predicted molar refractivity (Wildman–Crippen MR) is 118 cm³/mol. The van der Waals surface area contributed by atoms with Gasteiger partial charge in [-0.3, -0.25) is 14.2 Å². The van der Waals surface area contributed by atoms with Crippen LogP contribution in [0.3, 0.4) is 0 Å². The summed E-state index contributed by atoms with van der Waals surface area (Å²) in [7, 11) is 0. The fraction of sp³-hybridized carbons (Fsp3) is 0.350. The maximum absolute atomic E-state index is 13.0. The highest BCUT2D eigenvalue weighted by Gasteiger charge is 2.22. The Bertz CT molecular complexity index is 1120. The summed E-state index contributed by atoms with van der Waals surface area (Å²) in [5.41, 5.74) is 2.53. The first kappa shape index (κ1) is 18.6. The van der Waals surface area contributed by atoms with E-state index in [0.717, 1.165) is 58.4 Å². The van der Waals surface area contributed by atoms with E-state index < -0.39 is 0 Å². The summed E-state index contributed by atoms with van der Waals surface area (Å²) in [6.07, 6.45) is 4.01. The molecule has 2 aromatic heterocycles. The molecule has 0 bridgehead atoms. The summed E-state index contributed by atoms with van der Waals surface area (Å²) in [4.78, 5) is 31.9. The monoisotopic (exact) mass is 493 g/mol. The SMILES string of the molecule is Cc1cc(I)ccc1NC(=O)c1sc2nc3n(c(=O)c2c1C)CCCCC3. The molecular weight excluding hydrogens is 473 g/mol. The molecule has 140 valence electrons. The van der Waals surface area contributed by atoms with Crippen molar-refractivity contribution in [2.24, 2.45) is 0 Å². The molecule has 1 aromatic carbocycles. The average Bonchev–Trinajstić information content (AvgIpc) is 2.79. The van der Waals surface area contributed by atoms with Crippen molar-refractivity contribution in [3.05, 3.63) is 54.0 Å². The van der Waals surface area contributed by atoms with E-state index in [-0.39, 0.29) is 11.5 Å². The number of benzene rings is 1. The lowest BCUT2D eigenvalue weighted by Crippen LogP contribution is -2.24. The van der Waals surface area contributed by atoms with Crippen LogP contribution in [0.25, 0.3) is 10.2 Å². The normalized spacial score (nSPS) is 14.0. The van der Waals surface area contributed by atoms with Gasteiger partial charge in [0.25, 0.3) is 11.5 Å². The second-order valence-corrected chi connectivity index (χ2v) is 9.19. The van der Waals surface area contributed by atoms with E-state index in [2.05, 4.69) is 27.9 Å². The molecule has 3 heterocycles. The summed E-state index contributed by atoms with van der Waals surface area (Å²) in [5.74, 6) is 0.672. The van der Waals surface area contributed by atoms with Gasteiger partial charge in [0.1, 0.15) is 10.7 Å². The minimum Gasteiger partial charge on any atom is -0.321 e. The number of thiophene rings is 1. The largest absolute Gasteiger partial charge is 0.321 e. The van der Waals surface area contributed by atoms with Gasteiger partial charge in [0.15, 0.2) is 0 Å². The minimum atomic E-state index is -0.181. The third-order valence-electron chi connectivity index (χ3n) is 5.05. The van der Waals surface area contributed by atoms with Crippen LogP contribution >= 0.6 is 33.9 Å². The van der Waals surface area contributed by atoms with Crippen LogP contribution in [0, 0.1) is 17.4 Å². The maximum atomic E-state index is 13.0. The highest BCUT2D eigenvalue weighted by atomic mass is 127. The van der Waals surface area contributed by atoms with Crippen molar-refractivity contribution in [2.75, 3.05) is 5.32 Å². The van der Waals surface area contributed by atoms with E-state index >= 15 is 0 Å². The molecule has 0 atom stereocenters. The van der Waals surface area contributed by atoms with Gasteiger partial charge in [0, 0.05) is 22.2 Å². The van der Waals surface area contributed by atoms with Crippen LogP contribution in [0.5, 0.6) is 0 Å². The van der Waals surface area contributed by atoms with Crippen LogP contribution in [-0.4, -0.2) is 15.5 Å². The number of anilines is 1. The molecular formula is C20H20IN3O2S. The molecule has 1 N–H and O–H groups in total. The molecule has 0 saturated heterocycles. The van der Waals surface area contributed by atoms with E-state index in [1.54, 1.807) is 4.57 Å². The van der Waals surface area contributed by atoms with Gasteiger partial charge in [0.2, 0.25) is 0 Å². The third-order valence-corrected chi connectivity index (χ3v) is 6.91. The van der Waals surface area contributed by atoms with E-state index in [9.17, 15) is 9.59 Å². The topological polar surface area (TPSA) is 64.0 Å². The molecule has 5 nitrogen and oxygen atoms in total. The zero-order valence-electron chi connectivity index (χ0n) is 15.3. The average molecular weight is 493 g/mol. The number of fused-ring (bicyclic) bond motifs is 2. The Balaban J connectivity index is 1.76. The molecule has 0 aliphatic carbocycles. The van der Waals surface area contributed by atoms with Crippen LogP contribution < -0.4 is 10.9 Å². The van der Waals surface area contributed by atoms with Gasteiger partial charge in [-0.25, -0.2) is 4.98 Å².